The Morgan fingerprint density at radius 3 is 2.64 bits per heavy atom. The molecule has 0 aliphatic carbocycles. The van der Waals surface area contributed by atoms with Crippen LogP contribution in [0.1, 0.15) is 43.0 Å². The van der Waals surface area contributed by atoms with E-state index in [4.69, 9.17) is 4.74 Å². The first-order valence-electron chi connectivity index (χ1n) is 8.17. The zero-order chi connectivity index (χ0) is 18.7. The second kappa shape index (κ2) is 11.0. The van der Waals surface area contributed by atoms with Crippen molar-refractivity contribution in [1.29, 1.82) is 0 Å². The molecule has 0 bridgehead atoms. The standard InChI is InChI=1S/C17H25N3O5/c1-3-4-5-8-13(11-20(24)12-21)16(22)18-19-17(23)14-9-6-7-10-15(14)25-2/h6-7,9-10,12-13,24H,3-5,8,11H2,1-2H3,(H,18,22)(H,19,23). The Morgan fingerprint density at radius 1 is 1.28 bits per heavy atom. The molecule has 0 fully saturated rings. The lowest BCUT2D eigenvalue weighted by atomic mass is 10.0. The van der Waals surface area contributed by atoms with Gasteiger partial charge in [-0.2, -0.15) is 0 Å². The number of unbranched alkanes of at least 4 members (excludes halogenated alkanes) is 2. The Balaban J connectivity index is 2.65. The number of nitrogens with one attached hydrogen (secondary N) is 2. The van der Waals surface area contributed by atoms with Gasteiger partial charge in [0.15, 0.2) is 0 Å². The van der Waals surface area contributed by atoms with Crippen molar-refractivity contribution in [3.63, 3.8) is 0 Å². The van der Waals surface area contributed by atoms with Crippen LogP contribution in [-0.2, 0) is 9.59 Å². The molecule has 0 aliphatic rings. The molecule has 8 nitrogen and oxygen atoms in total. The second-order valence-electron chi connectivity index (χ2n) is 5.56. The number of rotatable bonds is 10. The zero-order valence-electron chi connectivity index (χ0n) is 14.5. The fourth-order valence-electron chi connectivity index (χ4n) is 2.33. The van der Waals surface area contributed by atoms with Crippen LogP contribution in [0.25, 0.3) is 0 Å². The maximum absolute atomic E-state index is 12.3. The lowest BCUT2D eigenvalue weighted by molar-refractivity contribution is -0.154. The van der Waals surface area contributed by atoms with E-state index in [9.17, 15) is 19.6 Å². The molecule has 1 aromatic carbocycles. The summed E-state index contributed by atoms with van der Waals surface area (Å²) in [6.07, 6.45) is 3.43. The number of amides is 3. The summed E-state index contributed by atoms with van der Waals surface area (Å²) < 4.78 is 5.10. The van der Waals surface area contributed by atoms with Gasteiger partial charge in [-0.05, 0) is 18.6 Å². The van der Waals surface area contributed by atoms with Crippen LogP contribution >= 0.6 is 0 Å². The predicted molar refractivity (Wildman–Crippen MR) is 90.8 cm³/mol. The highest BCUT2D eigenvalue weighted by atomic mass is 16.5. The van der Waals surface area contributed by atoms with E-state index in [-0.39, 0.29) is 18.5 Å². The first kappa shape index (κ1) is 20.4. The molecule has 3 amide bonds. The summed E-state index contributed by atoms with van der Waals surface area (Å²) in [7, 11) is 1.45. The number of nitrogens with zero attached hydrogens (tertiary/aromatic N) is 1. The number of ether oxygens (including phenoxy) is 1. The van der Waals surface area contributed by atoms with E-state index >= 15 is 0 Å². The summed E-state index contributed by atoms with van der Waals surface area (Å²) in [6, 6.07) is 6.62. The second-order valence-corrected chi connectivity index (χ2v) is 5.56. The monoisotopic (exact) mass is 351 g/mol. The molecule has 25 heavy (non-hydrogen) atoms. The molecule has 3 N–H and O–H groups in total. The molecule has 0 saturated carbocycles. The summed E-state index contributed by atoms with van der Waals surface area (Å²) in [5, 5.41) is 9.77. The van der Waals surface area contributed by atoms with E-state index in [0.717, 1.165) is 19.3 Å². The molecule has 0 radical (unpaired) electrons. The number of hydroxylamine groups is 2. The number of hydrogen-bond donors (Lipinski definition) is 3. The average molecular weight is 351 g/mol. The van der Waals surface area contributed by atoms with Crippen molar-refractivity contribution in [2.45, 2.75) is 32.6 Å². The van der Waals surface area contributed by atoms with Crippen LogP contribution in [0.3, 0.4) is 0 Å². The van der Waals surface area contributed by atoms with Gasteiger partial charge in [0, 0.05) is 0 Å². The van der Waals surface area contributed by atoms with Crippen LogP contribution in [0.15, 0.2) is 24.3 Å². The van der Waals surface area contributed by atoms with Crippen LogP contribution in [0, 0.1) is 5.92 Å². The number of hydrazine groups is 1. The number of carbonyl (C=O) groups excluding carboxylic acids is 3. The van der Waals surface area contributed by atoms with E-state index in [2.05, 4.69) is 10.9 Å². The fourth-order valence-corrected chi connectivity index (χ4v) is 2.33. The third-order valence-corrected chi connectivity index (χ3v) is 3.71. The molecule has 1 unspecified atom stereocenters. The number of benzene rings is 1. The van der Waals surface area contributed by atoms with Gasteiger partial charge in [-0.25, -0.2) is 5.06 Å². The number of hydrogen-bond acceptors (Lipinski definition) is 5. The van der Waals surface area contributed by atoms with Crippen molar-refractivity contribution >= 4 is 18.2 Å². The molecule has 0 heterocycles. The smallest absolute Gasteiger partial charge is 0.273 e. The molecule has 1 aromatic rings. The van der Waals surface area contributed by atoms with E-state index in [1.54, 1.807) is 24.3 Å². The summed E-state index contributed by atoms with van der Waals surface area (Å²) >= 11 is 0. The maximum atomic E-state index is 12.3. The molecule has 0 aliphatic heterocycles. The van der Waals surface area contributed by atoms with Crippen molar-refractivity contribution in [1.82, 2.24) is 15.9 Å². The maximum Gasteiger partial charge on any atom is 0.273 e. The minimum absolute atomic E-state index is 0.135. The highest BCUT2D eigenvalue weighted by Crippen LogP contribution is 2.16. The van der Waals surface area contributed by atoms with Crippen LogP contribution in [0.2, 0.25) is 0 Å². The van der Waals surface area contributed by atoms with Gasteiger partial charge in [-0.15, -0.1) is 0 Å². The summed E-state index contributed by atoms with van der Waals surface area (Å²) in [5.41, 5.74) is 4.95. The van der Waals surface area contributed by atoms with Gasteiger partial charge in [0.25, 0.3) is 5.91 Å². The minimum Gasteiger partial charge on any atom is -0.496 e. The molecule has 8 heteroatoms. The first-order chi connectivity index (χ1) is 12.0. The summed E-state index contributed by atoms with van der Waals surface area (Å²) in [6.45, 7) is 1.90. The van der Waals surface area contributed by atoms with E-state index < -0.39 is 17.7 Å². The van der Waals surface area contributed by atoms with Crippen LogP contribution < -0.4 is 15.6 Å². The highest BCUT2D eigenvalue weighted by Gasteiger charge is 2.21. The summed E-state index contributed by atoms with van der Waals surface area (Å²) in [5.74, 6) is -1.23. The number of carbonyl (C=O) groups is 3. The number of para-hydroxylation sites is 1. The van der Waals surface area contributed by atoms with Crippen LogP contribution in [-0.4, -0.2) is 42.1 Å². The van der Waals surface area contributed by atoms with E-state index in [1.165, 1.54) is 7.11 Å². The topological polar surface area (TPSA) is 108 Å². The lowest BCUT2D eigenvalue weighted by Crippen LogP contribution is -2.46. The lowest BCUT2D eigenvalue weighted by Gasteiger charge is -2.19. The predicted octanol–water partition coefficient (Wildman–Crippen LogP) is 1.50. The molecule has 138 valence electrons. The molecule has 1 atom stereocenters. The van der Waals surface area contributed by atoms with Gasteiger partial charge >= 0.3 is 0 Å². The van der Waals surface area contributed by atoms with Gasteiger partial charge in [-0.3, -0.25) is 30.4 Å². The molecule has 0 saturated heterocycles. The normalized spacial score (nSPS) is 11.3. The Labute approximate surface area is 147 Å². The minimum atomic E-state index is -0.625. The van der Waals surface area contributed by atoms with Crippen molar-refractivity contribution in [3.8, 4) is 5.75 Å². The van der Waals surface area contributed by atoms with Gasteiger partial charge in [0.05, 0.1) is 25.1 Å². The highest BCUT2D eigenvalue weighted by molar-refractivity contribution is 5.98. The fraction of sp³-hybridized carbons (Fsp3) is 0.471. The Hall–Kier alpha value is -2.61. The molecule has 0 aromatic heterocycles. The van der Waals surface area contributed by atoms with Crippen LogP contribution in [0.5, 0.6) is 5.75 Å². The Bertz CT molecular complexity index is 579. The van der Waals surface area contributed by atoms with Crippen molar-refractivity contribution in [2.75, 3.05) is 13.7 Å². The Morgan fingerprint density at radius 2 is 2.00 bits per heavy atom. The van der Waals surface area contributed by atoms with Gasteiger partial charge in [0.2, 0.25) is 12.3 Å². The van der Waals surface area contributed by atoms with Gasteiger partial charge in [0.1, 0.15) is 5.75 Å². The SMILES string of the molecule is CCCCCC(CN(O)C=O)C(=O)NNC(=O)c1ccccc1OC. The number of methoxy groups -OCH3 is 1. The first-order valence-corrected chi connectivity index (χ1v) is 8.17. The molecular weight excluding hydrogens is 326 g/mol. The molecule has 1 rings (SSSR count). The van der Waals surface area contributed by atoms with E-state index in [0.29, 0.717) is 17.2 Å². The molecule has 0 spiro atoms. The van der Waals surface area contributed by atoms with Crippen LogP contribution in [0.4, 0.5) is 0 Å². The van der Waals surface area contributed by atoms with Gasteiger partial charge in [-0.1, -0.05) is 38.3 Å². The third-order valence-electron chi connectivity index (χ3n) is 3.71. The van der Waals surface area contributed by atoms with Gasteiger partial charge < -0.3 is 4.74 Å². The quantitative estimate of drug-likeness (QED) is 0.256. The largest absolute Gasteiger partial charge is 0.496 e. The van der Waals surface area contributed by atoms with Crippen molar-refractivity contribution < 1.29 is 24.3 Å². The van der Waals surface area contributed by atoms with Crippen molar-refractivity contribution in [3.05, 3.63) is 29.8 Å². The average Bonchev–Trinajstić information content (AvgIpc) is 2.64. The molecular formula is C17H25N3O5. The van der Waals surface area contributed by atoms with Crippen molar-refractivity contribution in [2.24, 2.45) is 5.92 Å². The Kier molecular flexibility index (Phi) is 9.02. The van der Waals surface area contributed by atoms with E-state index in [1.807, 2.05) is 6.92 Å². The summed E-state index contributed by atoms with van der Waals surface area (Å²) in [4.78, 5) is 35.0. The third kappa shape index (κ3) is 6.80. The zero-order valence-corrected chi connectivity index (χ0v) is 14.5.